The molecule has 0 radical (unpaired) electrons. The van der Waals surface area contributed by atoms with E-state index in [-0.39, 0.29) is 0 Å². The van der Waals surface area contributed by atoms with Crippen LogP contribution in [-0.2, 0) is 0 Å². The number of carbonyl (C=O) groups is 1. The number of hydrogen-bond donors (Lipinski definition) is 2. The zero-order valence-corrected chi connectivity index (χ0v) is 6.37. The molecule has 0 unspecified atom stereocenters. The zero-order valence-electron chi connectivity index (χ0n) is 4.74. The van der Waals surface area contributed by atoms with Crippen LogP contribution in [0, 0.1) is 0 Å². The van der Waals surface area contributed by atoms with Crippen molar-refractivity contribution in [1.29, 1.82) is 0 Å². The Labute approximate surface area is 61.2 Å². The Morgan fingerprint density at radius 3 is 1.67 bits per heavy atom. The molecule has 1 heterocycles. The Kier molecular flexibility index (Phi) is 6.08. The molecule has 0 bridgehead atoms. The van der Waals surface area contributed by atoms with Crippen molar-refractivity contribution in [3.05, 3.63) is 0 Å². The lowest BCUT2D eigenvalue weighted by Crippen LogP contribution is -1.81. The third-order valence-corrected chi connectivity index (χ3v) is 3.12. The quantitative estimate of drug-likeness (QED) is 0.542. The molecular formula is C4H8O3S2. The molecule has 0 saturated carbocycles. The second-order valence-corrected chi connectivity index (χ2v) is 3.98. The second kappa shape index (κ2) is 6.10. The highest BCUT2D eigenvalue weighted by atomic mass is 33.1. The van der Waals surface area contributed by atoms with E-state index in [9.17, 15) is 0 Å². The van der Waals surface area contributed by atoms with Crippen molar-refractivity contribution in [1.82, 2.24) is 0 Å². The summed E-state index contributed by atoms with van der Waals surface area (Å²) < 4.78 is 0. The van der Waals surface area contributed by atoms with Gasteiger partial charge in [0, 0.05) is 11.5 Å². The summed E-state index contributed by atoms with van der Waals surface area (Å²) in [7, 11) is 3.98. The van der Waals surface area contributed by atoms with E-state index in [1.165, 1.54) is 17.9 Å². The normalized spacial score (nSPS) is 16.0. The number of rotatable bonds is 0. The summed E-state index contributed by atoms with van der Waals surface area (Å²) in [4.78, 5) is 8.56. The van der Waals surface area contributed by atoms with Gasteiger partial charge in [-0.05, 0) is 6.42 Å². The van der Waals surface area contributed by atoms with Crippen LogP contribution in [-0.4, -0.2) is 27.9 Å². The minimum atomic E-state index is -1.83. The molecular weight excluding hydrogens is 160 g/mol. The molecule has 3 nitrogen and oxygen atoms in total. The molecule has 9 heavy (non-hydrogen) atoms. The highest BCUT2D eigenvalue weighted by Crippen LogP contribution is 2.29. The summed E-state index contributed by atoms with van der Waals surface area (Å²) in [5.41, 5.74) is 0. The van der Waals surface area contributed by atoms with Gasteiger partial charge in [0.25, 0.3) is 0 Å². The molecule has 54 valence electrons. The van der Waals surface area contributed by atoms with Crippen LogP contribution in [0.5, 0.6) is 0 Å². The molecule has 0 spiro atoms. The van der Waals surface area contributed by atoms with Gasteiger partial charge in [0.05, 0.1) is 0 Å². The predicted octanol–water partition coefficient (Wildman–Crippen LogP) is 1.99. The largest absolute Gasteiger partial charge is 0.503 e. The van der Waals surface area contributed by atoms with Crippen LogP contribution in [0.2, 0.25) is 0 Å². The summed E-state index contributed by atoms with van der Waals surface area (Å²) in [5.74, 6) is 2.76. The predicted molar refractivity (Wildman–Crippen MR) is 40.2 cm³/mol. The second-order valence-electron chi connectivity index (χ2n) is 1.28. The molecule has 1 rings (SSSR count). The summed E-state index contributed by atoms with van der Waals surface area (Å²) in [6, 6.07) is 0. The van der Waals surface area contributed by atoms with Crippen LogP contribution >= 0.6 is 21.6 Å². The lowest BCUT2D eigenvalue weighted by atomic mass is 10.6. The summed E-state index contributed by atoms with van der Waals surface area (Å²) in [6.07, 6.45) is -0.407. The van der Waals surface area contributed by atoms with Gasteiger partial charge in [-0.2, -0.15) is 0 Å². The SMILES string of the molecule is C1CSSC1.O=C(O)O. The standard InChI is InChI=1S/C3H6S2.CH2O3/c1-2-4-5-3-1;2-1(3)4/h1-3H2;(H2,2,3,4). The van der Waals surface area contributed by atoms with Gasteiger partial charge >= 0.3 is 6.16 Å². The van der Waals surface area contributed by atoms with Crippen molar-refractivity contribution < 1.29 is 15.0 Å². The van der Waals surface area contributed by atoms with Crippen LogP contribution in [0.3, 0.4) is 0 Å². The first kappa shape index (κ1) is 8.97. The van der Waals surface area contributed by atoms with Crippen LogP contribution in [0.1, 0.15) is 6.42 Å². The van der Waals surface area contributed by atoms with Gasteiger partial charge in [0.2, 0.25) is 0 Å². The highest BCUT2D eigenvalue weighted by Gasteiger charge is 1.96. The van der Waals surface area contributed by atoms with Crippen LogP contribution in [0.15, 0.2) is 0 Å². The molecule has 2 N–H and O–H groups in total. The van der Waals surface area contributed by atoms with E-state index in [0.29, 0.717) is 0 Å². The Bertz CT molecular complexity index is 70.3. The Balaban J connectivity index is 0.000000148. The van der Waals surface area contributed by atoms with Crippen LogP contribution in [0.25, 0.3) is 0 Å². The van der Waals surface area contributed by atoms with E-state index in [0.717, 1.165) is 0 Å². The first-order valence-electron chi connectivity index (χ1n) is 2.40. The van der Waals surface area contributed by atoms with Crippen molar-refractivity contribution >= 4 is 27.7 Å². The first-order valence-corrected chi connectivity index (χ1v) is 4.88. The molecule has 1 fully saturated rings. The van der Waals surface area contributed by atoms with Gasteiger partial charge in [0.1, 0.15) is 0 Å². The van der Waals surface area contributed by atoms with Gasteiger partial charge in [-0.1, -0.05) is 21.6 Å². The number of hydrogen-bond acceptors (Lipinski definition) is 3. The summed E-state index contributed by atoms with van der Waals surface area (Å²) >= 11 is 0. The lowest BCUT2D eigenvalue weighted by Gasteiger charge is -1.69. The fraction of sp³-hybridized carbons (Fsp3) is 0.750. The monoisotopic (exact) mass is 168 g/mol. The van der Waals surface area contributed by atoms with Gasteiger partial charge in [-0.25, -0.2) is 4.79 Å². The van der Waals surface area contributed by atoms with Crippen molar-refractivity contribution in [3.8, 4) is 0 Å². The molecule has 0 aromatic rings. The smallest absolute Gasteiger partial charge is 0.450 e. The molecule has 0 atom stereocenters. The minimum absolute atomic E-state index is 1.38. The fourth-order valence-electron chi connectivity index (χ4n) is 0.295. The van der Waals surface area contributed by atoms with Crippen molar-refractivity contribution in [2.24, 2.45) is 0 Å². The third-order valence-electron chi connectivity index (χ3n) is 0.539. The third kappa shape index (κ3) is 11.5. The van der Waals surface area contributed by atoms with E-state index >= 15 is 0 Å². The van der Waals surface area contributed by atoms with E-state index in [4.69, 9.17) is 15.0 Å². The van der Waals surface area contributed by atoms with Crippen molar-refractivity contribution in [2.75, 3.05) is 11.5 Å². The van der Waals surface area contributed by atoms with E-state index < -0.39 is 6.16 Å². The summed E-state index contributed by atoms with van der Waals surface area (Å²) in [5, 5.41) is 13.9. The fourth-order valence-corrected chi connectivity index (χ4v) is 2.65. The molecule has 0 aliphatic carbocycles. The first-order chi connectivity index (χ1) is 4.23. The average molecular weight is 168 g/mol. The highest BCUT2D eigenvalue weighted by molar-refractivity contribution is 8.77. The maximum Gasteiger partial charge on any atom is 0.503 e. The maximum atomic E-state index is 8.56. The van der Waals surface area contributed by atoms with Gasteiger partial charge in [0.15, 0.2) is 0 Å². The lowest BCUT2D eigenvalue weighted by molar-refractivity contribution is 0.137. The Hall–Kier alpha value is -0.0300. The number of carboxylic acid groups (broad SMARTS) is 2. The van der Waals surface area contributed by atoms with Crippen molar-refractivity contribution in [2.45, 2.75) is 6.42 Å². The Morgan fingerprint density at radius 2 is 1.56 bits per heavy atom. The summed E-state index contributed by atoms with van der Waals surface area (Å²) in [6.45, 7) is 0. The minimum Gasteiger partial charge on any atom is -0.450 e. The molecule has 1 aliphatic rings. The molecule has 1 saturated heterocycles. The molecule has 5 heteroatoms. The van der Waals surface area contributed by atoms with Crippen molar-refractivity contribution in [3.63, 3.8) is 0 Å². The van der Waals surface area contributed by atoms with E-state index in [1.54, 1.807) is 0 Å². The molecule has 0 aromatic heterocycles. The van der Waals surface area contributed by atoms with Gasteiger partial charge in [-0.3, -0.25) is 0 Å². The van der Waals surface area contributed by atoms with Crippen LogP contribution < -0.4 is 0 Å². The van der Waals surface area contributed by atoms with E-state index in [2.05, 4.69) is 0 Å². The topological polar surface area (TPSA) is 57.5 Å². The zero-order chi connectivity index (χ0) is 7.11. The van der Waals surface area contributed by atoms with E-state index in [1.807, 2.05) is 21.6 Å². The molecule has 1 aliphatic heterocycles. The molecule has 0 aromatic carbocycles. The average Bonchev–Trinajstić information content (AvgIpc) is 2.11. The maximum absolute atomic E-state index is 8.56. The Morgan fingerprint density at radius 1 is 1.22 bits per heavy atom. The van der Waals surface area contributed by atoms with Crippen LogP contribution in [0.4, 0.5) is 4.79 Å². The van der Waals surface area contributed by atoms with Gasteiger partial charge in [-0.15, -0.1) is 0 Å². The molecule has 0 amide bonds. The van der Waals surface area contributed by atoms with Gasteiger partial charge < -0.3 is 10.2 Å².